The van der Waals surface area contributed by atoms with E-state index in [9.17, 15) is 8.42 Å². The zero-order valence-corrected chi connectivity index (χ0v) is 12.5. The minimum Gasteiger partial charge on any atom is -0.399 e. The highest BCUT2D eigenvalue weighted by atomic mass is 32.2. The van der Waals surface area contributed by atoms with Gasteiger partial charge in [0, 0.05) is 18.0 Å². The van der Waals surface area contributed by atoms with E-state index in [1.54, 1.807) is 37.3 Å². The summed E-state index contributed by atoms with van der Waals surface area (Å²) in [5.41, 5.74) is 8.40. The van der Waals surface area contributed by atoms with Gasteiger partial charge in [0.2, 0.25) is 0 Å². The van der Waals surface area contributed by atoms with Gasteiger partial charge in [0.1, 0.15) is 0 Å². The van der Waals surface area contributed by atoms with Crippen LogP contribution in [0, 0.1) is 6.92 Å². The lowest BCUT2D eigenvalue weighted by Crippen LogP contribution is -2.13. The predicted molar refractivity (Wildman–Crippen MR) is 83.6 cm³/mol. The Bertz CT molecular complexity index is 725. The van der Waals surface area contributed by atoms with Crippen LogP contribution in [0.1, 0.15) is 11.1 Å². The standard InChI is InChI=1S/C15H18N2O3S/c1-11-10-14(6-7-15(11)16)21(19,20)17-13-4-2-12(3-5-13)8-9-18/h2-7,10,17-18H,8-9,16H2,1H3. The molecule has 6 heteroatoms. The van der Waals surface area contributed by atoms with Gasteiger partial charge < -0.3 is 10.8 Å². The van der Waals surface area contributed by atoms with Crippen LogP contribution in [0.15, 0.2) is 47.4 Å². The van der Waals surface area contributed by atoms with E-state index in [0.29, 0.717) is 17.8 Å². The van der Waals surface area contributed by atoms with Crippen LogP contribution < -0.4 is 10.5 Å². The minimum atomic E-state index is -3.63. The number of aryl methyl sites for hydroxylation is 1. The summed E-state index contributed by atoms with van der Waals surface area (Å²) >= 11 is 0. The second kappa shape index (κ2) is 6.15. The van der Waals surface area contributed by atoms with Gasteiger partial charge in [-0.15, -0.1) is 0 Å². The number of hydrogen-bond acceptors (Lipinski definition) is 4. The number of rotatable bonds is 5. The molecule has 0 spiro atoms. The summed E-state index contributed by atoms with van der Waals surface area (Å²) in [6, 6.07) is 11.5. The Labute approximate surface area is 124 Å². The first-order chi connectivity index (χ1) is 9.92. The van der Waals surface area contributed by atoms with Gasteiger partial charge >= 0.3 is 0 Å². The van der Waals surface area contributed by atoms with Crippen molar-refractivity contribution in [2.75, 3.05) is 17.1 Å². The number of aliphatic hydroxyl groups excluding tert-OH is 1. The van der Waals surface area contributed by atoms with E-state index < -0.39 is 10.0 Å². The molecule has 2 aromatic rings. The Balaban J connectivity index is 2.22. The van der Waals surface area contributed by atoms with E-state index in [2.05, 4.69) is 4.72 Å². The van der Waals surface area contributed by atoms with Crippen LogP contribution >= 0.6 is 0 Å². The SMILES string of the molecule is Cc1cc(S(=O)(=O)Nc2ccc(CCO)cc2)ccc1N. The van der Waals surface area contributed by atoms with Crippen molar-refractivity contribution in [2.24, 2.45) is 0 Å². The van der Waals surface area contributed by atoms with Crippen LogP contribution in [0.3, 0.4) is 0 Å². The van der Waals surface area contributed by atoms with E-state index in [1.807, 2.05) is 0 Å². The van der Waals surface area contributed by atoms with Crippen molar-refractivity contribution in [1.29, 1.82) is 0 Å². The molecule has 5 nitrogen and oxygen atoms in total. The molecule has 2 rings (SSSR count). The molecule has 0 fully saturated rings. The van der Waals surface area contributed by atoms with Crippen molar-refractivity contribution < 1.29 is 13.5 Å². The van der Waals surface area contributed by atoms with Crippen molar-refractivity contribution in [1.82, 2.24) is 0 Å². The quantitative estimate of drug-likeness (QED) is 0.736. The highest BCUT2D eigenvalue weighted by Gasteiger charge is 2.14. The molecular formula is C15H18N2O3S. The summed E-state index contributed by atoms with van der Waals surface area (Å²) in [7, 11) is -3.63. The van der Waals surface area contributed by atoms with Gasteiger partial charge in [-0.3, -0.25) is 4.72 Å². The smallest absolute Gasteiger partial charge is 0.261 e. The van der Waals surface area contributed by atoms with Gasteiger partial charge in [-0.25, -0.2) is 8.42 Å². The second-order valence-electron chi connectivity index (χ2n) is 4.79. The number of aliphatic hydroxyl groups is 1. The summed E-state index contributed by atoms with van der Waals surface area (Å²) in [4.78, 5) is 0.175. The number of hydrogen-bond donors (Lipinski definition) is 3. The van der Waals surface area contributed by atoms with Crippen LogP contribution in [0.4, 0.5) is 11.4 Å². The molecule has 2 aromatic carbocycles. The molecule has 0 amide bonds. The molecule has 4 N–H and O–H groups in total. The highest BCUT2D eigenvalue weighted by Crippen LogP contribution is 2.20. The third-order valence-electron chi connectivity index (χ3n) is 3.16. The number of nitrogen functional groups attached to an aromatic ring is 1. The second-order valence-corrected chi connectivity index (χ2v) is 6.48. The molecule has 0 bridgehead atoms. The van der Waals surface area contributed by atoms with Gasteiger partial charge in [0.05, 0.1) is 4.90 Å². The van der Waals surface area contributed by atoms with Crippen molar-refractivity contribution in [2.45, 2.75) is 18.2 Å². The third-order valence-corrected chi connectivity index (χ3v) is 4.54. The normalized spacial score (nSPS) is 11.3. The average molecular weight is 306 g/mol. The molecule has 0 radical (unpaired) electrons. The lowest BCUT2D eigenvalue weighted by Gasteiger charge is -2.10. The molecule has 112 valence electrons. The minimum absolute atomic E-state index is 0.0653. The van der Waals surface area contributed by atoms with Gasteiger partial charge in [0.15, 0.2) is 0 Å². The third kappa shape index (κ3) is 3.74. The van der Waals surface area contributed by atoms with Crippen LogP contribution in [0.25, 0.3) is 0 Å². The number of benzene rings is 2. The van der Waals surface area contributed by atoms with Crippen LogP contribution in [-0.4, -0.2) is 20.1 Å². The number of sulfonamides is 1. The topological polar surface area (TPSA) is 92.4 Å². The van der Waals surface area contributed by atoms with Crippen molar-refractivity contribution >= 4 is 21.4 Å². The largest absolute Gasteiger partial charge is 0.399 e. The van der Waals surface area contributed by atoms with Gasteiger partial charge in [-0.05, 0) is 54.8 Å². The van der Waals surface area contributed by atoms with Crippen molar-refractivity contribution in [3.63, 3.8) is 0 Å². The molecule has 0 unspecified atom stereocenters. The van der Waals surface area contributed by atoms with Crippen molar-refractivity contribution in [3.8, 4) is 0 Å². The molecule has 0 atom stereocenters. The zero-order chi connectivity index (χ0) is 15.5. The van der Waals surface area contributed by atoms with E-state index in [0.717, 1.165) is 11.1 Å². The maximum absolute atomic E-state index is 12.3. The van der Waals surface area contributed by atoms with E-state index in [1.165, 1.54) is 12.1 Å². The summed E-state index contributed by atoms with van der Waals surface area (Å²) in [6.07, 6.45) is 0.546. The first-order valence-electron chi connectivity index (χ1n) is 6.51. The first-order valence-corrected chi connectivity index (χ1v) is 7.99. The fourth-order valence-corrected chi connectivity index (χ4v) is 3.04. The van der Waals surface area contributed by atoms with Gasteiger partial charge in [-0.1, -0.05) is 12.1 Å². The fraction of sp³-hybridized carbons (Fsp3) is 0.200. The molecule has 0 heterocycles. The van der Waals surface area contributed by atoms with E-state index >= 15 is 0 Å². The molecular weight excluding hydrogens is 288 g/mol. The molecule has 0 aliphatic rings. The Morgan fingerprint density at radius 3 is 2.38 bits per heavy atom. The lowest BCUT2D eigenvalue weighted by atomic mass is 10.1. The predicted octanol–water partition coefficient (Wildman–Crippen LogP) is 1.91. The zero-order valence-electron chi connectivity index (χ0n) is 11.7. The number of nitrogens with two attached hydrogens (primary N) is 1. The number of nitrogens with one attached hydrogen (secondary N) is 1. The lowest BCUT2D eigenvalue weighted by molar-refractivity contribution is 0.299. The Morgan fingerprint density at radius 2 is 1.81 bits per heavy atom. The fourth-order valence-electron chi connectivity index (χ4n) is 1.90. The Hall–Kier alpha value is -2.05. The van der Waals surface area contributed by atoms with Crippen LogP contribution in [0.5, 0.6) is 0 Å². The van der Waals surface area contributed by atoms with Crippen LogP contribution in [-0.2, 0) is 16.4 Å². The Morgan fingerprint density at radius 1 is 1.14 bits per heavy atom. The summed E-state index contributed by atoms with van der Waals surface area (Å²) in [5, 5.41) is 8.85. The summed E-state index contributed by atoms with van der Waals surface area (Å²) in [6.45, 7) is 1.83. The maximum Gasteiger partial charge on any atom is 0.261 e. The van der Waals surface area contributed by atoms with Gasteiger partial charge in [-0.2, -0.15) is 0 Å². The monoisotopic (exact) mass is 306 g/mol. The van der Waals surface area contributed by atoms with Crippen LogP contribution in [0.2, 0.25) is 0 Å². The van der Waals surface area contributed by atoms with E-state index in [-0.39, 0.29) is 11.5 Å². The molecule has 0 aliphatic heterocycles. The molecule has 0 saturated carbocycles. The molecule has 0 saturated heterocycles. The molecule has 21 heavy (non-hydrogen) atoms. The molecule has 0 aliphatic carbocycles. The summed E-state index contributed by atoms with van der Waals surface area (Å²) < 4.78 is 27.1. The Kier molecular flexibility index (Phi) is 4.50. The van der Waals surface area contributed by atoms with Crippen molar-refractivity contribution in [3.05, 3.63) is 53.6 Å². The summed E-state index contributed by atoms with van der Waals surface area (Å²) in [5.74, 6) is 0. The maximum atomic E-state index is 12.3. The highest BCUT2D eigenvalue weighted by molar-refractivity contribution is 7.92. The molecule has 0 aromatic heterocycles. The number of anilines is 2. The average Bonchev–Trinajstić information content (AvgIpc) is 2.44. The van der Waals surface area contributed by atoms with Gasteiger partial charge in [0.25, 0.3) is 10.0 Å². The first kappa shape index (κ1) is 15.3. The van der Waals surface area contributed by atoms with E-state index in [4.69, 9.17) is 10.8 Å².